The molecule has 0 saturated carbocycles. The van der Waals surface area contributed by atoms with Crippen LogP contribution in [0.25, 0.3) is 43.8 Å². The van der Waals surface area contributed by atoms with Crippen molar-refractivity contribution in [3.05, 3.63) is 182 Å². The molecule has 0 radical (unpaired) electrons. The van der Waals surface area contributed by atoms with Gasteiger partial charge in [0.1, 0.15) is 0 Å². The lowest BCUT2D eigenvalue weighted by Gasteiger charge is -2.35. The smallest absolute Gasteiger partial charge is 0.0618 e. The van der Waals surface area contributed by atoms with E-state index >= 15 is 0 Å². The van der Waals surface area contributed by atoms with Crippen LogP contribution in [-0.2, 0) is 0 Å². The predicted molar refractivity (Wildman–Crippen MR) is 195 cm³/mol. The molecule has 46 heavy (non-hydrogen) atoms. The highest BCUT2D eigenvalue weighted by molar-refractivity contribution is 6.18. The lowest BCUT2D eigenvalue weighted by atomic mass is 9.88. The lowest BCUT2D eigenvalue weighted by Crippen LogP contribution is -2.16. The molecule has 2 nitrogen and oxygen atoms in total. The van der Waals surface area contributed by atoms with Crippen molar-refractivity contribution in [2.45, 2.75) is 0 Å². The molecule has 8 aromatic carbocycles. The van der Waals surface area contributed by atoms with Crippen LogP contribution in [0.3, 0.4) is 0 Å². The molecule has 0 spiro atoms. The molecule has 1 heterocycles. The molecular formula is C44H30N2. The molecule has 1 aliphatic rings. The Morgan fingerprint density at radius 3 is 1.85 bits per heavy atom. The van der Waals surface area contributed by atoms with Gasteiger partial charge in [0.05, 0.1) is 17.1 Å². The molecule has 216 valence electrons. The van der Waals surface area contributed by atoms with Gasteiger partial charge in [-0.1, -0.05) is 133 Å². The third-order valence-corrected chi connectivity index (χ3v) is 9.15. The molecule has 0 atom stereocenters. The van der Waals surface area contributed by atoms with Gasteiger partial charge in [0.25, 0.3) is 0 Å². The van der Waals surface area contributed by atoms with E-state index in [4.69, 9.17) is 0 Å². The lowest BCUT2D eigenvalue weighted by molar-refractivity contribution is 1.26. The Hall–Kier alpha value is -6.12. The molecule has 2 heteroatoms. The molecule has 0 N–H and O–H groups in total. The molecular weight excluding hydrogens is 556 g/mol. The Bertz CT molecular complexity index is 2350. The van der Waals surface area contributed by atoms with Crippen molar-refractivity contribution in [2.24, 2.45) is 0 Å². The number of hydrogen-bond acceptors (Lipinski definition) is 2. The van der Waals surface area contributed by atoms with Crippen molar-refractivity contribution in [1.82, 2.24) is 0 Å². The van der Waals surface area contributed by atoms with Crippen LogP contribution in [0.15, 0.2) is 182 Å². The molecule has 1 aliphatic heterocycles. The minimum Gasteiger partial charge on any atom is -0.310 e. The fraction of sp³-hybridized carbons (Fsp3) is 0. The third-order valence-electron chi connectivity index (χ3n) is 9.15. The summed E-state index contributed by atoms with van der Waals surface area (Å²) in [6, 6.07) is 65.6. The highest BCUT2D eigenvalue weighted by atomic mass is 15.2. The number of anilines is 6. The minimum atomic E-state index is 1.10. The number of benzene rings is 8. The van der Waals surface area contributed by atoms with E-state index in [2.05, 4.69) is 192 Å². The first kappa shape index (κ1) is 26.3. The Morgan fingerprint density at radius 2 is 1.02 bits per heavy atom. The Labute approximate surface area is 269 Å². The highest BCUT2D eigenvalue weighted by Gasteiger charge is 2.28. The highest BCUT2D eigenvalue weighted by Crippen LogP contribution is 2.53. The predicted octanol–water partition coefficient (Wildman–Crippen LogP) is 12.6. The van der Waals surface area contributed by atoms with Crippen LogP contribution in [0, 0.1) is 0 Å². The maximum absolute atomic E-state index is 2.46. The van der Waals surface area contributed by atoms with Crippen LogP contribution in [0.4, 0.5) is 34.1 Å². The van der Waals surface area contributed by atoms with E-state index in [1.165, 1.54) is 55.2 Å². The number of hydrogen-bond donors (Lipinski definition) is 0. The first-order chi connectivity index (χ1) is 22.8. The third kappa shape index (κ3) is 4.19. The number of rotatable bonds is 5. The van der Waals surface area contributed by atoms with Crippen LogP contribution < -0.4 is 9.80 Å². The standard InChI is InChI=1S/C44H30N2/c1-3-13-31(14-4-1)37-20-9-10-23-41(37)45(34-18-5-2-6-19-34)35-26-28-36(29-27-35)46-42-24-12-17-33-16-11-22-39(43(33)42)40-30-25-32-15-7-8-21-38(32)44(40)46/h1-30H. The van der Waals surface area contributed by atoms with Crippen molar-refractivity contribution >= 4 is 55.7 Å². The van der Waals surface area contributed by atoms with Crippen molar-refractivity contribution in [3.8, 4) is 22.3 Å². The molecule has 0 aromatic heterocycles. The molecule has 0 fully saturated rings. The van der Waals surface area contributed by atoms with Crippen molar-refractivity contribution in [3.63, 3.8) is 0 Å². The second-order valence-corrected chi connectivity index (χ2v) is 11.8. The first-order valence-electron chi connectivity index (χ1n) is 15.8. The van der Waals surface area contributed by atoms with Gasteiger partial charge in [-0.2, -0.15) is 0 Å². The zero-order chi connectivity index (χ0) is 30.5. The average molecular weight is 587 g/mol. The summed E-state index contributed by atoms with van der Waals surface area (Å²) in [5, 5.41) is 5.03. The van der Waals surface area contributed by atoms with Gasteiger partial charge in [0.15, 0.2) is 0 Å². The molecule has 0 aliphatic carbocycles. The van der Waals surface area contributed by atoms with Crippen molar-refractivity contribution in [2.75, 3.05) is 9.80 Å². The summed E-state index contributed by atoms with van der Waals surface area (Å²) in [6.07, 6.45) is 0. The van der Waals surface area contributed by atoms with E-state index in [0.29, 0.717) is 0 Å². The summed E-state index contributed by atoms with van der Waals surface area (Å²) in [7, 11) is 0. The van der Waals surface area contributed by atoms with E-state index in [9.17, 15) is 0 Å². The Morgan fingerprint density at radius 1 is 0.391 bits per heavy atom. The van der Waals surface area contributed by atoms with Crippen LogP contribution >= 0.6 is 0 Å². The average Bonchev–Trinajstić information content (AvgIpc) is 3.13. The SMILES string of the molecule is c1ccc(-c2ccccc2N(c2ccccc2)c2ccc(N3c4c(ccc5ccccc45)-c4cccc5cccc3c45)cc2)cc1. The van der Waals surface area contributed by atoms with E-state index in [1.54, 1.807) is 0 Å². The van der Waals surface area contributed by atoms with E-state index in [0.717, 1.165) is 22.7 Å². The van der Waals surface area contributed by atoms with Gasteiger partial charge < -0.3 is 9.80 Å². The summed E-state index contributed by atoms with van der Waals surface area (Å²) < 4.78 is 0. The topological polar surface area (TPSA) is 6.48 Å². The van der Waals surface area contributed by atoms with Gasteiger partial charge in [0, 0.05) is 39.0 Å². The normalized spacial score (nSPS) is 11.9. The van der Waals surface area contributed by atoms with Crippen molar-refractivity contribution in [1.29, 1.82) is 0 Å². The fourth-order valence-electron chi connectivity index (χ4n) is 7.12. The quantitative estimate of drug-likeness (QED) is 0.198. The van der Waals surface area contributed by atoms with Gasteiger partial charge in [0.2, 0.25) is 0 Å². The van der Waals surface area contributed by atoms with E-state index in [-0.39, 0.29) is 0 Å². The van der Waals surface area contributed by atoms with Crippen LogP contribution in [0.5, 0.6) is 0 Å². The number of para-hydroxylation sites is 2. The second kappa shape index (κ2) is 10.8. The number of fused-ring (bicyclic) bond motifs is 4. The van der Waals surface area contributed by atoms with Gasteiger partial charge in [-0.25, -0.2) is 0 Å². The van der Waals surface area contributed by atoms with Gasteiger partial charge in [-0.3, -0.25) is 0 Å². The summed E-state index contributed by atoms with van der Waals surface area (Å²) in [5.41, 5.74) is 11.9. The van der Waals surface area contributed by atoms with Gasteiger partial charge in [-0.15, -0.1) is 0 Å². The zero-order valence-corrected chi connectivity index (χ0v) is 25.2. The summed E-state index contributed by atoms with van der Waals surface area (Å²) >= 11 is 0. The van der Waals surface area contributed by atoms with Crippen LogP contribution in [-0.4, -0.2) is 0 Å². The molecule has 0 unspecified atom stereocenters. The maximum Gasteiger partial charge on any atom is 0.0618 e. The molecule has 8 aromatic rings. The van der Waals surface area contributed by atoms with Gasteiger partial charge in [-0.05, 0) is 70.4 Å². The first-order valence-corrected chi connectivity index (χ1v) is 15.8. The molecule has 0 bridgehead atoms. The monoisotopic (exact) mass is 586 g/mol. The van der Waals surface area contributed by atoms with Crippen LogP contribution in [0.1, 0.15) is 0 Å². The van der Waals surface area contributed by atoms with Gasteiger partial charge >= 0.3 is 0 Å². The summed E-state index contributed by atoms with van der Waals surface area (Å²) in [6.45, 7) is 0. The van der Waals surface area contributed by atoms with Crippen LogP contribution in [0.2, 0.25) is 0 Å². The molecule has 0 amide bonds. The Balaban J connectivity index is 1.24. The largest absolute Gasteiger partial charge is 0.310 e. The molecule has 0 saturated heterocycles. The van der Waals surface area contributed by atoms with E-state index < -0.39 is 0 Å². The minimum absolute atomic E-state index is 1.10. The summed E-state index contributed by atoms with van der Waals surface area (Å²) in [5.74, 6) is 0. The second-order valence-electron chi connectivity index (χ2n) is 11.8. The summed E-state index contributed by atoms with van der Waals surface area (Å²) in [4.78, 5) is 4.82. The van der Waals surface area contributed by atoms with Crippen molar-refractivity contribution < 1.29 is 0 Å². The van der Waals surface area contributed by atoms with E-state index in [1.807, 2.05) is 0 Å². The maximum atomic E-state index is 2.46. The Kier molecular flexibility index (Phi) is 6.17. The zero-order valence-electron chi connectivity index (χ0n) is 25.2. The number of nitrogens with zero attached hydrogens (tertiary/aromatic N) is 2. The molecule has 9 rings (SSSR count). The fourth-order valence-corrected chi connectivity index (χ4v) is 7.12.